The van der Waals surface area contributed by atoms with Crippen LogP contribution >= 0.6 is 15.9 Å². The Bertz CT molecular complexity index is 1370. The Morgan fingerprint density at radius 1 is 0.949 bits per heavy atom. The third-order valence-corrected chi connectivity index (χ3v) is 8.64. The van der Waals surface area contributed by atoms with Crippen LogP contribution in [-0.2, 0) is 26.2 Å². The van der Waals surface area contributed by atoms with Crippen LogP contribution < -0.4 is 9.62 Å². The molecule has 10 heteroatoms. The zero-order valence-corrected chi connectivity index (χ0v) is 24.6. The molecule has 0 bridgehead atoms. The summed E-state index contributed by atoms with van der Waals surface area (Å²) in [6.45, 7) is 5.07. The van der Waals surface area contributed by atoms with Crippen LogP contribution in [0.2, 0.25) is 0 Å². The average molecular weight is 619 g/mol. The lowest BCUT2D eigenvalue weighted by molar-refractivity contribution is -0.140. The number of carbonyl (C=O) groups is 2. The largest absolute Gasteiger partial charge is 0.352 e. The van der Waals surface area contributed by atoms with Gasteiger partial charge in [-0.05, 0) is 67.8 Å². The van der Waals surface area contributed by atoms with Crippen molar-refractivity contribution in [1.82, 2.24) is 10.2 Å². The summed E-state index contributed by atoms with van der Waals surface area (Å²) in [7, 11) is -4.14. The van der Waals surface area contributed by atoms with E-state index in [1.54, 1.807) is 61.5 Å². The fourth-order valence-corrected chi connectivity index (χ4v) is 5.84. The van der Waals surface area contributed by atoms with Crippen molar-refractivity contribution in [3.8, 4) is 0 Å². The number of nitrogens with one attached hydrogen (secondary N) is 1. The standard InChI is InChI=1S/C29H33BrFN3O4S/c1-4-21(3)32-29(36)27(5-2)33(19-22-14-16-24(31)17-15-22)28(35)20-34(25-11-9-10-23(30)18-25)39(37,38)26-12-7-6-8-13-26/h6-18,21,27H,4-5,19-20H2,1-3H3,(H,32,36). The smallest absolute Gasteiger partial charge is 0.264 e. The van der Waals surface area contributed by atoms with Crippen LogP contribution in [0.15, 0.2) is 88.2 Å². The van der Waals surface area contributed by atoms with Gasteiger partial charge < -0.3 is 10.2 Å². The molecule has 2 atom stereocenters. The van der Waals surface area contributed by atoms with Gasteiger partial charge in [-0.25, -0.2) is 12.8 Å². The number of carbonyl (C=O) groups excluding carboxylic acids is 2. The number of sulfonamides is 1. The Morgan fingerprint density at radius 3 is 2.21 bits per heavy atom. The van der Waals surface area contributed by atoms with Crippen molar-refractivity contribution in [1.29, 1.82) is 0 Å². The number of anilines is 1. The number of nitrogens with zero attached hydrogens (tertiary/aromatic N) is 2. The average Bonchev–Trinajstić information content (AvgIpc) is 2.92. The number of halogens is 2. The van der Waals surface area contributed by atoms with Crippen molar-refractivity contribution < 1.29 is 22.4 Å². The molecule has 3 rings (SSSR count). The normalized spacial score (nSPS) is 12.8. The third kappa shape index (κ3) is 7.89. The van der Waals surface area contributed by atoms with E-state index in [0.29, 0.717) is 28.6 Å². The summed E-state index contributed by atoms with van der Waals surface area (Å²) < 4.78 is 42.8. The van der Waals surface area contributed by atoms with E-state index in [2.05, 4.69) is 21.2 Å². The summed E-state index contributed by atoms with van der Waals surface area (Å²) >= 11 is 3.38. The van der Waals surface area contributed by atoms with Crippen LogP contribution in [0.3, 0.4) is 0 Å². The highest BCUT2D eigenvalue weighted by atomic mass is 79.9. The molecule has 0 aliphatic carbocycles. The monoisotopic (exact) mass is 617 g/mol. The van der Waals surface area contributed by atoms with E-state index in [0.717, 1.165) is 4.31 Å². The van der Waals surface area contributed by atoms with Crippen molar-refractivity contribution in [3.63, 3.8) is 0 Å². The van der Waals surface area contributed by atoms with E-state index in [-0.39, 0.29) is 23.4 Å². The summed E-state index contributed by atoms with van der Waals surface area (Å²) in [5, 5.41) is 2.93. The van der Waals surface area contributed by atoms with Crippen LogP contribution in [0.25, 0.3) is 0 Å². The predicted octanol–water partition coefficient (Wildman–Crippen LogP) is 5.51. The van der Waals surface area contributed by atoms with Crippen LogP contribution in [-0.4, -0.2) is 43.8 Å². The summed E-state index contributed by atoms with van der Waals surface area (Å²) in [4.78, 5) is 28.6. The molecule has 3 aromatic carbocycles. The first-order valence-corrected chi connectivity index (χ1v) is 15.0. The van der Waals surface area contributed by atoms with E-state index < -0.39 is 34.3 Å². The Kier molecular flexibility index (Phi) is 10.7. The second-order valence-electron chi connectivity index (χ2n) is 9.19. The molecular weight excluding hydrogens is 585 g/mol. The summed E-state index contributed by atoms with van der Waals surface area (Å²) in [5.74, 6) is -1.32. The number of amides is 2. The number of hydrogen-bond acceptors (Lipinski definition) is 4. The molecule has 0 aromatic heterocycles. The molecule has 3 aromatic rings. The molecular formula is C29H33BrFN3O4S. The van der Waals surface area contributed by atoms with Crippen molar-refractivity contribution in [3.05, 3.63) is 94.7 Å². The van der Waals surface area contributed by atoms with Crippen LogP contribution in [0.1, 0.15) is 39.2 Å². The Balaban J connectivity index is 2.04. The van der Waals surface area contributed by atoms with Crippen LogP contribution in [0, 0.1) is 5.82 Å². The van der Waals surface area contributed by atoms with Gasteiger partial charge in [0.15, 0.2) is 0 Å². The van der Waals surface area contributed by atoms with E-state index in [4.69, 9.17) is 0 Å². The van der Waals surface area contributed by atoms with E-state index in [9.17, 15) is 22.4 Å². The summed E-state index contributed by atoms with van der Waals surface area (Å²) in [6, 6.07) is 19.2. The fourth-order valence-electron chi connectivity index (χ4n) is 4.03. The molecule has 2 amide bonds. The molecule has 39 heavy (non-hydrogen) atoms. The summed E-state index contributed by atoms with van der Waals surface area (Å²) in [5.41, 5.74) is 0.903. The maximum absolute atomic E-state index is 14.0. The van der Waals surface area contributed by atoms with Crippen molar-refractivity contribution >= 4 is 43.5 Å². The van der Waals surface area contributed by atoms with Crippen molar-refractivity contribution in [2.45, 2.75) is 57.1 Å². The van der Waals surface area contributed by atoms with Gasteiger partial charge >= 0.3 is 0 Å². The first-order valence-electron chi connectivity index (χ1n) is 12.7. The lowest BCUT2D eigenvalue weighted by Crippen LogP contribution is -2.53. The minimum atomic E-state index is -4.14. The second kappa shape index (κ2) is 13.7. The van der Waals surface area contributed by atoms with Gasteiger partial charge in [0.05, 0.1) is 10.6 Å². The highest BCUT2D eigenvalue weighted by Gasteiger charge is 2.34. The molecule has 7 nitrogen and oxygen atoms in total. The Hall–Kier alpha value is -3.24. The Labute approximate surface area is 238 Å². The number of rotatable bonds is 12. The van der Waals surface area contributed by atoms with Gasteiger partial charge in [-0.3, -0.25) is 13.9 Å². The van der Waals surface area contributed by atoms with E-state index in [1.807, 2.05) is 13.8 Å². The Morgan fingerprint density at radius 2 is 1.62 bits per heavy atom. The molecule has 0 saturated heterocycles. The predicted molar refractivity (Wildman–Crippen MR) is 154 cm³/mol. The molecule has 1 N–H and O–H groups in total. The minimum Gasteiger partial charge on any atom is -0.352 e. The van der Waals surface area contributed by atoms with Gasteiger partial charge in [-0.15, -0.1) is 0 Å². The molecule has 0 heterocycles. The number of benzene rings is 3. The molecule has 0 radical (unpaired) electrons. The topological polar surface area (TPSA) is 86.8 Å². The lowest BCUT2D eigenvalue weighted by atomic mass is 10.1. The molecule has 208 valence electrons. The third-order valence-electron chi connectivity index (χ3n) is 6.36. The molecule has 0 fully saturated rings. The SMILES string of the molecule is CCC(C)NC(=O)C(CC)N(Cc1ccc(F)cc1)C(=O)CN(c1cccc(Br)c1)S(=O)(=O)c1ccccc1. The fraction of sp³-hybridized carbons (Fsp3) is 0.310. The van der Waals surface area contributed by atoms with Crippen molar-refractivity contribution in [2.75, 3.05) is 10.8 Å². The molecule has 0 saturated carbocycles. The lowest BCUT2D eigenvalue weighted by Gasteiger charge is -2.33. The maximum atomic E-state index is 14.0. The van der Waals surface area contributed by atoms with Crippen LogP contribution in [0.4, 0.5) is 10.1 Å². The van der Waals surface area contributed by atoms with Crippen molar-refractivity contribution in [2.24, 2.45) is 0 Å². The first kappa shape index (κ1) is 30.3. The van der Waals surface area contributed by atoms with Gasteiger partial charge in [0, 0.05) is 17.1 Å². The van der Waals surface area contributed by atoms with Gasteiger partial charge in [-0.2, -0.15) is 0 Å². The molecule has 0 spiro atoms. The van der Waals surface area contributed by atoms with Gasteiger partial charge in [0.2, 0.25) is 11.8 Å². The number of hydrogen-bond donors (Lipinski definition) is 1. The van der Waals surface area contributed by atoms with E-state index in [1.165, 1.54) is 29.2 Å². The van der Waals surface area contributed by atoms with E-state index >= 15 is 0 Å². The highest BCUT2D eigenvalue weighted by Crippen LogP contribution is 2.27. The zero-order chi connectivity index (χ0) is 28.6. The maximum Gasteiger partial charge on any atom is 0.264 e. The first-order chi connectivity index (χ1) is 18.6. The quantitative estimate of drug-likeness (QED) is 0.290. The minimum absolute atomic E-state index is 0.00323. The van der Waals surface area contributed by atoms with Gasteiger partial charge in [0.1, 0.15) is 18.4 Å². The summed E-state index contributed by atoms with van der Waals surface area (Å²) in [6.07, 6.45) is 1.01. The molecule has 0 aliphatic heterocycles. The van der Waals surface area contributed by atoms with Crippen LogP contribution in [0.5, 0.6) is 0 Å². The molecule has 0 aliphatic rings. The highest BCUT2D eigenvalue weighted by molar-refractivity contribution is 9.10. The second-order valence-corrected chi connectivity index (χ2v) is 12.0. The zero-order valence-electron chi connectivity index (χ0n) is 22.2. The molecule has 2 unspecified atom stereocenters. The van der Waals surface area contributed by atoms with Gasteiger partial charge in [-0.1, -0.05) is 66.2 Å². The van der Waals surface area contributed by atoms with Gasteiger partial charge in [0.25, 0.3) is 10.0 Å².